The Labute approximate surface area is 135 Å². The summed E-state index contributed by atoms with van der Waals surface area (Å²) in [6.45, 7) is 8.89. The van der Waals surface area contributed by atoms with Gasteiger partial charge in [0, 0.05) is 6.92 Å². The van der Waals surface area contributed by atoms with Crippen molar-refractivity contribution in [1.29, 1.82) is 0 Å². The minimum atomic E-state index is -0.577. The molecule has 0 saturated heterocycles. The van der Waals surface area contributed by atoms with Crippen molar-refractivity contribution in [3.63, 3.8) is 0 Å². The predicted molar refractivity (Wildman–Crippen MR) is 86.9 cm³/mol. The molecule has 3 rings (SSSR count). The van der Waals surface area contributed by atoms with Crippen molar-refractivity contribution in [3.05, 3.63) is 23.3 Å². The lowest BCUT2D eigenvalue weighted by Gasteiger charge is -2.34. The van der Waals surface area contributed by atoms with E-state index in [0.29, 0.717) is 16.9 Å². The highest BCUT2D eigenvalue weighted by molar-refractivity contribution is 5.85. The van der Waals surface area contributed by atoms with E-state index in [9.17, 15) is 9.90 Å². The smallest absolute Gasteiger partial charge is 0.308 e. The van der Waals surface area contributed by atoms with E-state index in [0.717, 1.165) is 0 Å². The number of esters is 1. The minimum absolute atomic E-state index is 0.0594. The van der Waals surface area contributed by atoms with Gasteiger partial charge in [0.05, 0.1) is 11.1 Å². The zero-order chi connectivity index (χ0) is 17.0. The van der Waals surface area contributed by atoms with Gasteiger partial charge in [-0.2, -0.15) is 0 Å². The van der Waals surface area contributed by atoms with Gasteiger partial charge in [0.2, 0.25) is 5.75 Å². The predicted octanol–water partition coefficient (Wildman–Crippen LogP) is 3.69. The summed E-state index contributed by atoms with van der Waals surface area (Å²) >= 11 is 0. The number of ether oxygens (including phenoxy) is 3. The Bertz CT molecular complexity index is 753. The van der Waals surface area contributed by atoms with Crippen molar-refractivity contribution in [1.82, 2.24) is 0 Å². The molecule has 1 aromatic carbocycles. The van der Waals surface area contributed by atoms with E-state index in [4.69, 9.17) is 14.2 Å². The summed E-state index contributed by atoms with van der Waals surface area (Å²) in [5, 5.41) is 10.6. The summed E-state index contributed by atoms with van der Waals surface area (Å²) in [5.74, 6) is 0.140. The molecule has 0 aliphatic carbocycles. The molecule has 2 heterocycles. The number of rotatable bonds is 1. The molecule has 23 heavy (non-hydrogen) atoms. The second-order valence-electron chi connectivity index (χ2n) is 6.83. The minimum Gasteiger partial charge on any atom is -0.502 e. The molecule has 0 atom stereocenters. The highest BCUT2D eigenvalue weighted by Crippen LogP contribution is 2.54. The largest absolute Gasteiger partial charge is 0.502 e. The number of benzene rings is 1. The molecule has 0 fully saturated rings. The monoisotopic (exact) mass is 316 g/mol. The molecule has 122 valence electrons. The van der Waals surface area contributed by atoms with Gasteiger partial charge in [0.15, 0.2) is 11.5 Å². The van der Waals surface area contributed by atoms with Gasteiger partial charge in [-0.1, -0.05) is 0 Å². The average Bonchev–Trinajstić information content (AvgIpc) is 2.41. The maximum Gasteiger partial charge on any atom is 0.308 e. The Morgan fingerprint density at radius 2 is 1.52 bits per heavy atom. The van der Waals surface area contributed by atoms with Gasteiger partial charge < -0.3 is 19.3 Å². The van der Waals surface area contributed by atoms with Crippen LogP contribution in [-0.4, -0.2) is 22.3 Å². The van der Waals surface area contributed by atoms with Crippen molar-refractivity contribution in [2.45, 2.75) is 45.8 Å². The molecule has 5 nitrogen and oxygen atoms in total. The maximum atomic E-state index is 11.4. The third-order valence-electron chi connectivity index (χ3n) is 3.69. The van der Waals surface area contributed by atoms with E-state index >= 15 is 0 Å². The zero-order valence-electron chi connectivity index (χ0n) is 13.9. The van der Waals surface area contributed by atoms with Crippen LogP contribution in [-0.2, 0) is 4.79 Å². The van der Waals surface area contributed by atoms with E-state index in [1.165, 1.54) is 6.92 Å². The molecule has 0 bridgehead atoms. The third kappa shape index (κ3) is 2.67. The summed E-state index contributed by atoms with van der Waals surface area (Å²) < 4.78 is 17.1. The van der Waals surface area contributed by atoms with E-state index < -0.39 is 17.2 Å². The van der Waals surface area contributed by atoms with Crippen LogP contribution in [0.15, 0.2) is 12.2 Å². The SMILES string of the molecule is CC(=O)Oc1c(O)c2c(c3c1C=CC(C)(C)O3)C=CC(C)(C)O2. The molecule has 0 saturated carbocycles. The van der Waals surface area contributed by atoms with Gasteiger partial charge in [-0.15, -0.1) is 0 Å². The second kappa shape index (κ2) is 4.78. The highest BCUT2D eigenvalue weighted by atomic mass is 16.6. The lowest BCUT2D eigenvalue weighted by Crippen LogP contribution is -2.31. The summed E-state index contributed by atoms with van der Waals surface area (Å²) in [4.78, 5) is 11.4. The van der Waals surface area contributed by atoms with Crippen molar-refractivity contribution in [2.75, 3.05) is 0 Å². The Hall–Kier alpha value is -2.43. The van der Waals surface area contributed by atoms with Crippen LogP contribution in [0, 0.1) is 0 Å². The Balaban J connectivity index is 2.29. The van der Waals surface area contributed by atoms with Crippen LogP contribution in [0.4, 0.5) is 0 Å². The van der Waals surface area contributed by atoms with Crippen molar-refractivity contribution < 1.29 is 24.1 Å². The van der Waals surface area contributed by atoms with Crippen LogP contribution < -0.4 is 14.2 Å². The first-order valence-electron chi connectivity index (χ1n) is 7.47. The van der Waals surface area contributed by atoms with Crippen LogP contribution in [0.25, 0.3) is 12.2 Å². The fourth-order valence-electron chi connectivity index (χ4n) is 2.63. The first-order valence-corrected chi connectivity index (χ1v) is 7.47. The number of fused-ring (bicyclic) bond motifs is 3. The molecular weight excluding hydrogens is 296 g/mol. The fraction of sp³-hybridized carbons (Fsp3) is 0.389. The van der Waals surface area contributed by atoms with Gasteiger partial charge >= 0.3 is 5.97 Å². The molecule has 5 heteroatoms. The lowest BCUT2D eigenvalue weighted by atomic mass is 9.94. The number of phenolic OH excluding ortho intramolecular Hbond substituents is 1. The number of aromatic hydroxyl groups is 1. The zero-order valence-corrected chi connectivity index (χ0v) is 13.9. The molecular formula is C18H20O5. The molecule has 0 amide bonds. The summed E-state index contributed by atoms with van der Waals surface area (Å²) in [6, 6.07) is 0. The number of phenols is 1. The molecule has 0 unspecified atom stereocenters. The van der Waals surface area contributed by atoms with Gasteiger partial charge in [0.1, 0.15) is 17.0 Å². The number of carbonyl (C=O) groups is 1. The summed E-state index contributed by atoms with van der Waals surface area (Å²) in [5.41, 5.74) is 0.0898. The van der Waals surface area contributed by atoms with E-state index in [1.807, 2.05) is 45.9 Å². The number of hydrogen-bond donors (Lipinski definition) is 1. The number of carbonyl (C=O) groups excluding carboxylic acids is 1. The Morgan fingerprint density at radius 1 is 1.00 bits per heavy atom. The van der Waals surface area contributed by atoms with Crippen LogP contribution in [0.5, 0.6) is 23.0 Å². The standard InChI is InChI=1S/C18H20O5/c1-10(19)21-15-11-6-8-17(2,3)22-14(11)12-7-9-18(4,5)23-16(12)13(15)20/h6-9,20H,1-5H3. The summed E-state index contributed by atoms with van der Waals surface area (Å²) in [6.07, 6.45) is 7.41. The van der Waals surface area contributed by atoms with Gasteiger partial charge in [-0.25, -0.2) is 0 Å². The van der Waals surface area contributed by atoms with Gasteiger partial charge in [0.25, 0.3) is 0 Å². The normalized spacial score (nSPS) is 19.2. The first kappa shape index (κ1) is 15.5. The van der Waals surface area contributed by atoms with Crippen molar-refractivity contribution in [2.24, 2.45) is 0 Å². The number of hydrogen-bond acceptors (Lipinski definition) is 5. The fourth-order valence-corrected chi connectivity index (χ4v) is 2.63. The average molecular weight is 316 g/mol. The Morgan fingerprint density at radius 3 is 2.09 bits per heavy atom. The van der Waals surface area contributed by atoms with E-state index in [-0.39, 0.29) is 17.2 Å². The molecule has 2 aliphatic rings. The quantitative estimate of drug-likeness (QED) is 0.632. The molecule has 2 aliphatic heterocycles. The van der Waals surface area contributed by atoms with Gasteiger partial charge in [-0.05, 0) is 52.0 Å². The molecule has 1 N–H and O–H groups in total. The third-order valence-corrected chi connectivity index (χ3v) is 3.69. The maximum absolute atomic E-state index is 11.4. The molecule has 0 radical (unpaired) electrons. The topological polar surface area (TPSA) is 65.0 Å². The molecule has 0 aromatic heterocycles. The van der Waals surface area contributed by atoms with Crippen LogP contribution in [0.2, 0.25) is 0 Å². The first-order chi connectivity index (χ1) is 10.6. The van der Waals surface area contributed by atoms with Crippen molar-refractivity contribution in [3.8, 4) is 23.0 Å². The summed E-state index contributed by atoms with van der Waals surface area (Å²) in [7, 11) is 0. The van der Waals surface area contributed by atoms with Crippen LogP contribution in [0.1, 0.15) is 45.7 Å². The van der Waals surface area contributed by atoms with E-state index in [1.54, 1.807) is 6.08 Å². The molecule has 0 spiro atoms. The van der Waals surface area contributed by atoms with Crippen LogP contribution >= 0.6 is 0 Å². The van der Waals surface area contributed by atoms with Crippen LogP contribution in [0.3, 0.4) is 0 Å². The van der Waals surface area contributed by atoms with Crippen molar-refractivity contribution >= 4 is 18.1 Å². The lowest BCUT2D eigenvalue weighted by molar-refractivity contribution is -0.132. The van der Waals surface area contributed by atoms with Gasteiger partial charge in [-0.3, -0.25) is 4.79 Å². The second-order valence-corrected chi connectivity index (χ2v) is 6.83. The highest BCUT2D eigenvalue weighted by Gasteiger charge is 2.35. The molecule has 1 aromatic rings. The Kier molecular flexibility index (Phi) is 3.21. The van der Waals surface area contributed by atoms with E-state index in [2.05, 4.69) is 0 Å².